The summed E-state index contributed by atoms with van der Waals surface area (Å²) >= 11 is 0. The van der Waals surface area contributed by atoms with E-state index in [0.717, 1.165) is 11.1 Å². The summed E-state index contributed by atoms with van der Waals surface area (Å²) in [5, 5.41) is 3.89. The van der Waals surface area contributed by atoms with Gasteiger partial charge in [-0.2, -0.15) is 0 Å². The molecule has 2 aromatic rings. The summed E-state index contributed by atoms with van der Waals surface area (Å²) in [6, 6.07) is 10.1. The van der Waals surface area contributed by atoms with Gasteiger partial charge in [-0.15, -0.1) is 0 Å². The topological polar surface area (TPSA) is 46.3 Å². The van der Waals surface area contributed by atoms with Crippen molar-refractivity contribution in [2.45, 2.75) is 40.3 Å². The van der Waals surface area contributed by atoms with Crippen LogP contribution >= 0.6 is 0 Å². The van der Waals surface area contributed by atoms with Crippen molar-refractivity contribution >= 4 is 5.91 Å². The van der Waals surface area contributed by atoms with Crippen molar-refractivity contribution in [2.75, 3.05) is 0 Å². The quantitative estimate of drug-likeness (QED) is 0.857. The second kappa shape index (κ2) is 5.90. The van der Waals surface area contributed by atoms with Gasteiger partial charge in [0.05, 0.1) is 0 Å². The molecule has 1 aromatic carbocycles. The smallest absolute Gasteiger partial charge is 0.276 e. The SMILES string of the molecule is Cc1onc(C(=O)N(Cc2ccccc2)C(C)C)c1C. The lowest BCUT2D eigenvalue weighted by atomic mass is 10.1. The summed E-state index contributed by atoms with van der Waals surface area (Å²) in [6.45, 7) is 8.25. The molecule has 0 bridgehead atoms. The lowest BCUT2D eigenvalue weighted by molar-refractivity contribution is 0.0679. The van der Waals surface area contributed by atoms with Crippen LogP contribution in [0.1, 0.15) is 41.2 Å². The van der Waals surface area contributed by atoms with E-state index < -0.39 is 0 Å². The van der Waals surface area contributed by atoms with Crippen LogP contribution in [0.25, 0.3) is 0 Å². The Morgan fingerprint density at radius 2 is 1.90 bits per heavy atom. The molecule has 0 radical (unpaired) electrons. The Hall–Kier alpha value is -2.10. The van der Waals surface area contributed by atoms with Gasteiger partial charge in [-0.25, -0.2) is 0 Å². The highest BCUT2D eigenvalue weighted by atomic mass is 16.5. The number of hydrogen-bond donors (Lipinski definition) is 0. The Labute approximate surface area is 119 Å². The highest BCUT2D eigenvalue weighted by molar-refractivity contribution is 5.93. The van der Waals surface area contributed by atoms with Crippen LogP contribution in [-0.4, -0.2) is 22.0 Å². The molecule has 20 heavy (non-hydrogen) atoms. The Bertz CT molecular complexity index is 588. The number of nitrogens with zero attached hydrogens (tertiary/aromatic N) is 2. The van der Waals surface area contributed by atoms with Crippen LogP contribution in [0.5, 0.6) is 0 Å². The van der Waals surface area contributed by atoms with Crippen molar-refractivity contribution in [3.05, 3.63) is 52.9 Å². The molecule has 0 saturated heterocycles. The van der Waals surface area contributed by atoms with Gasteiger partial charge in [0.2, 0.25) is 0 Å². The van der Waals surface area contributed by atoms with Crippen molar-refractivity contribution in [1.82, 2.24) is 10.1 Å². The summed E-state index contributed by atoms with van der Waals surface area (Å²) in [6.07, 6.45) is 0. The zero-order chi connectivity index (χ0) is 14.7. The van der Waals surface area contributed by atoms with Gasteiger partial charge in [-0.3, -0.25) is 4.79 Å². The van der Waals surface area contributed by atoms with E-state index in [1.165, 1.54) is 0 Å². The Morgan fingerprint density at radius 1 is 1.25 bits per heavy atom. The molecule has 106 valence electrons. The highest BCUT2D eigenvalue weighted by Crippen LogP contribution is 2.17. The van der Waals surface area contributed by atoms with E-state index in [2.05, 4.69) is 5.16 Å². The van der Waals surface area contributed by atoms with Gasteiger partial charge in [-0.05, 0) is 33.3 Å². The van der Waals surface area contributed by atoms with Crippen LogP contribution < -0.4 is 0 Å². The zero-order valence-corrected chi connectivity index (χ0v) is 12.4. The number of carbonyl (C=O) groups is 1. The molecule has 0 fully saturated rings. The molecule has 1 heterocycles. The predicted molar refractivity (Wildman–Crippen MR) is 77.4 cm³/mol. The molecule has 4 heteroatoms. The molecule has 0 N–H and O–H groups in total. The van der Waals surface area contributed by atoms with E-state index in [1.54, 1.807) is 4.90 Å². The number of benzene rings is 1. The summed E-state index contributed by atoms with van der Waals surface area (Å²) in [5.74, 6) is 0.606. The number of carbonyl (C=O) groups excluding carboxylic acids is 1. The molecular weight excluding hydrogens is 252 g/mol. The number of rotatable bonds is 4. The van der Waals surface area contributed by atoms with E-state index in [9.17, 15) is 4.79 Å². The Morgan fingerprint density at radius 3 is 2.40 bits per heavy atom. The van der Waals surface area contributed by atoms with Crippen LogP contribution in [-0.2, 0) is 6.54 Å². The second-order valence-electron chi connectivity index (χ2n) is 5.22. The molecule has 0 atom stereocenters. The highest BCUT2D eigenvalue weighted by Gasteiger charge is 2.24. The molecule has 4 nitrogen and oxygen atoms in total. The van der Waals surface area contributed by atoms with Crippen molar-refractivity contribution in [3.8, 4) is 0 Å². The van der Waals surface area contributed by atoms with E-state index in [4.69, 9.17) is 4.52 Å². The molecule has 1 aromatic heterocycles. The largest absolute Gasteiger partial charge is 0.361 e. The van der Waals surface area contributed by atoms with Gasteiger partial charge < -0.3 is 9.42 Å². The molecule has 2 rings (SSSR count). The monoisotopic (exact) mass is 272 g/mol. The maximum Gasteiger partial charge on any atom is 0.276 e. The fourth-order valence-corrected chi connectivity index (χ4v) is 2.02. The van der Waals surface area contributed by atoms with Gasteiger partial charge in [-0.1, -0.05) is 35.5 Å². The van der Waals surface area contributed by atoms with Gasteiger partial charge in [0.1, 0.15) is 5.76 Å². The molecular formula is C16H20N2O2. The maximum absolute atomic E-state index is 12.6. The predicted octanol–water partition coefficient (Wildman–Crippen LogP) is 3.34. The third-order valence-electron chi connectivity index (χ3n) is 3.44. The lowest BCUT2D eigenvalue weighted by Crippen LogP contribution is -2.36. The summed E-state index contributed by atoms with van der Waals surface area (Å²) in [7, 11) is 0. The maximum atomic E-state index is 12.6. The van der Waals surface area contributed by atoms with E-state index >= 15 is 0 Å². The van der Waals surface area contributed by atoms with Crippen molar-refractivity contribution in [1.29, 1.82) is 0 Å². The number of aryl methyl sites for hydroxylation is 1. The molecule has 0 aliphatic heterocycles. The van der Waals surface area contributed by atoms with Gasteiger partial charge in [0.25, 0.3) is 5.91 Å². The first-order valence-electron chi connectivity index (χ1n) is 6.78. The minimum atomic E-state index is -0.0850. The summed E-state index contributed by atoms with van der Waals surface area (Å²) < 4.78 is 5.10. The van der Waals surface area contributed by atoms with Crippen LogP contribution in [0.3, 0.4) is 0 Å². The average molecular weight is 272 g/mol. The number of amides is 1. The summed E-state index contributed by atoms with van der Waals surface area (Å²) in [5.41, 5.74) is 2.33. The minimum absolute atomic E-state index is 0.0850. The van der Waals surface area contributed by atoms with Crippen LogP contribution in [0.2, 0.25) is 0 Å². The Kier molecular flexibility index (Phi) is 4.23. The molecule has 1 amide bonds. The van der Waals surface area contributed by atoms with Crippen molar-refractivity contribution in [3.63, 3.8) is 0 Å². The fraction of sp³-hybridized carbons (Fsp3) is 0.375. The van der Waals surface area contributed by atoms with E-state index in [1.807, 2.05) is 58.0 Å². The van der Waals surface area contributed by atoms with Crippen LogP contribution in [0.4, 0.5) is 0 Å². The first kappa shape index (κ1) is 14.3. The fourth-order valence-electron chi connectivity index (χ4n) is 2.02. The van der Waals surface area contributed by atoms with Gasteiger partial charge in [0, 0.05) is 18.2 Å². The third kappa shape index (κ3) is 2.90. The summed E-state index contributed by atoms with van der Waals surface area (Å²) in [4.78, 5) is 14.4. The van der Waals surface area contributed by atoms with E-state index in [0.29, 0.717) is 18.0 Å². The molecule has 0 aliphatic carbocycles. The third-order valence-corrected chi connectivity index (χ3v) is 3.44. The number of aromatic nitrogens is 1. The van der Waals surface area contributed by atoms with E-state index in [-0.39, 0.29) is 11.9 Å². The minimum Gasteiger partial charge on any atom is -0.361 e. The molecule has 0 spiro atoms. The van der Waals surface area contributed by atoms with Crippen LogP contribution in [0.15, 0.2) is 34.9 Å². The number of hydrogen-bond acceptors (Lipinski definition) is 3. The van der Waals surface area contributed by atoms with Gasteiger partial charge in [0.15, 0.2) is 5.69 Å². The standard InChI is InChI=1S/C16H20N2O2/c1-11(2)18(10-14-8-6-5-7-9-14)16(19)15-12(3)13(4)20-17-15/h5-9,11H,10H2,1-4H3. The van der Waals surface area contributed by atoms with Gasteiger partial charge >= 0.3 is 0 Å². The first-order valence-corrected chi connectivity index (χ1v) is 6.78. The average Bonchev–Trinajstić information content (AvgIpc) is 2.76. The Balaban J connectivity index is 2.25. The molecule has 0 saturated carbocycles. The zero-order valence-electron chi connectivity index (χ0n) is 12.4. The second-order valence-corrected chi connectivity index (χ2v) is 5.22. The van der Waals surface area contributed by atoms with Crippen molar-refractivity contribution < 1.29 is 9.32 Å². The first-order chi connectivity index (χ1) is 9.50. The normalized spacial score (nSPS) is 10.8. The molecule has 0 unspecified atom stereocenters. The van der Waals surface area contributed by atoms with Crippen LogP contribution in [0, 0.1) is 13.8 Å². The lowest BCUT2D eigenvalue weighted by Gasteiger charge is -2.26. The molecule has 0 aliphatic rings. The van der Waals surface area contributed by atoms with Crippen molar-refractivity contribution in [2.24, 2.45) is 0 Å².